The predicted molar refractivity (Wildman–Crippen MR) is 159 cm³/mol. The number of fused-ring (bicyclic) bond motifs is 1. The summed E-state index contributed by atoms with van der Waals surface area (Å²) in [6.45, 7) is 3.86. The van der Waals surface area contributed by atoms with Crippen LogP contribution in [0.5, 0.6) is 17.2 Å². The van der Waals surface area contributed by atoms with Crippen molar-refractivity contribution in [1.29, 1.82) is 0 Å². The summed E-state index contributed by atoms with van der Waals surface area (Å²) >= 11 is 0. The lowest BCUT2D eigenvalue weighted by atomic mass is 10.1. The van der Waals surface area contributed by atoms with Crippen LogP contribution in [0.1, 0.15) is 22.3 Å². The Kier molecular flexibility index (Phi) is 7.23. The van der Waals surface area contributed by atoms with E-state index in [9.17, 15) is 5.11 Å². The number of aryl methyl sites for hydroxylation is 1. The monoisotopic (exact) mass is 524 g/mol. The summed E-state index contributed by atoms with van der Waals surface area (Å²) in [7, 11) is 0. The van der Waals surface area contributed by atoms with Gasteiger partial charge in [-0.15, -0.1) is 0 Å². The molecule has 1 aromatic heterocycles. The summed E-state index contributed by atoms with van der Waals surface area (Å²) in [5.74, 6) is 1.68. The van der Waals surface area contributed by atoms with Crippen LogP contribution >= 0.6 is 0 Å². The highest BCUT2D eigenvalue weighted by molar-refractivity contribution is 5.92. The lowest BCUT2D eigenvalue weighted by molar-refractivity contribution is 0.306. The van der Waals surface area contributed by atoms with Gasteiger partial charge >= 0.3 is 0 Å². The Hall–Kier alpha value is -4.96. The molecule has 1 radical (unpaired) electrons. The molecule has 0 saturated heterocycles. The number of hydrogen-bond acceptors (Lipinski definition) is 2. The normalized spacial score (nSPS) is 11.0. The second-order valence-electron chi connectivity index (χ2n) is 9.96. The standard InChI is InChI=1S/C36H30NO3/c1-26-34-22-33(40-25-29-10-6-3-7-11-29)20-21-35(34)37(23-27-12-16-31(38)17-13-27)36(26)30-14-18-32(19-15-30)39-24-28-8-4-2-5-9-28/h2-22H,23-25H2,1H3. The summed E-state index contributed by atoms with van der Waals surface area (Å²) in [6, 6.07) is 42.0. The van der Waals surface area contributed by atoms with Crippen molar-refractivity contribution < 1.29 is 14.6 Å². The van der Waals surface area contributed by atoms with Crippen LogP contribution in [0.25, 0.3) is 22.2 Å². The van der Waals surface area contributed by atoms with E-state index in [1.54, 1.807) is 12.1 Å². The van der Waals surface area contributed by atoms with E-state index in [0.717, 1.165) is 50.3 Å². The molecular formula is C36H30NO3. The Bertz CT molecular complexity index is 1700. The van der Waals surface area contributed by atoms with E-state index in [-0.39, 0.29) is 5.75 Å². The van der Waals surface area contributed by atoms with Crippen LogP contribution in [0, 0.1) is 6.92 Å². The van der Waals surface area contributed by atoms with Gasteiger partial charge in [-0.3, -0.25) is 5.11 Å². The summed E-state index contributed by atoms with van der Waals surface area (Å²) in [5.41, 5.74) is 7.88. The van der Waals surface area contributed by atoms with Crippen LogP contribution in [0.4, 0.5) is 0 Å². The van der Waals surface area contributed by atoms with Crippen molar-refractivity contribution in [2.45, 2.75) is 26.7 Å². The fraction of sp³-hybridized carbons (Fsp3) is 0.111. The van der Waals surface area contributed by atoms with Crippen LogP contribution in [-0.4, -0.2) is 4.57 Å². The molecule has 0 fully saturated rings. The zero-order valence-electron chi connectivity index (χ0n) is 22.4. The summed E-state index contributed by atoms with van der Waals surface area (Å²) in [5, 5.41) is 12.9. The zero-order chi connectivity index (χ0) is 27.3. The third kappa shape index (κ3) is 5.57. The minimum absolute atomic E-state index is 0.0174. The molecule has 0 bridgehead atoms. The molecule has 6 aromatic rings. The predicted octanol–water partition coefficient (Wildman–Crippen LogP) is 8.97. The molecular weight excluding hydrogens is 494 g/mol. The van der Waals surface area contributed by atoms with Gasteiger partial charge in [-0.05, 0) is 89.3 Å². The molecule has 4 nitrogen and oxygen atoms in total. The number of benzene rings is 5. The number of rotatable bonds is 9. The van der Waals surface area contributed by atoms with E-state index >= 15 is 0 Å². The second kappa shape index (κ2) is 11.4. The first kappa shape index (κ1) is 25.3. The Morgan fingerprint density at radius 2 is 1.18 bits per heavy atom. The molecule has 0 saturated carbocycles. The minimum atomic E-state index is 0.0174. The van der Waals surface area contributed by atoms with Crippen LogP contribution < -0.4 is 9.47 Å². The number of ether oxygens (including phenoxy) is 2. The van der Waals surface area contributed by atoms with Gasteiger partial charge in [0.05, 0.1) is 5.69 Å². The maximum absolute atomic E-state index is 11.7. The topological polar surface area (TPSA) is 43.3 Å². The molecule has 0 aliphatic heterocycles. The molecule has 0 atom stereocenters. The number of hydrogen-bond donors (Lipinski definition) is 0. The first-order valence-corrected chi connectivity index (χ1v) is 13.5. The van der Waals surface area contributed by atoms with E-state index in [1.807, 2.05) is 66.7 Å². The maximum atomic E-state index is 11.7. The molecule has 6 rings (SSSR count). The van der Waals surface area contributed by atoms with Crippen molar-refractivity contribution >= 4 is 10.9 Å². The Balaban J connectivity index is 1.33. The lowest BCUT2D eigenvalue weighted by Crippen LogP contribution is -2.02. The molecule has 197 valence electrons. The molecule has 4 heteroatoms. The van der Waals surface area contributed by atoms with Gasteiger partial charge in [-0.2, -0.15) is 0 Å². The Morgan fingerprint density at radius 3 is 1.80 bits per heavy atom. The largest absolute Gasteiger partial charge is 0.489 e. The van der Waals surface area contributed by atoms with E-state index in [0.29, 0.717) is 19.8 Å². The van der Waals surface area contributed by atoms with Crippen LogP contribution in [0.3, 0.4) is 0 Å². The van der Waals surface area contributed by atoms with Gasteiger partial charge in [0.2, 0.25) is 0 Å². The zero-order valence-corrected chi connectivity index (χ0v) is 22.4. The van der Waals surface area contributed by atoms with Crippen molar-refractivity contribution in [3.05, 3.63) is 150 Å². The van der Waals surface area contributed by atoms with E-state index in [1.165, 1.54) is 5.56 Å². The third-order valence-electron chi connectivity index (χ3n) is 7.18. The van der Waals surface area contributed by atoms with Crippen LogP contribution in [0.2, 0.25) is 0 Å². The fourth-order valence-corrected chi connectivity index (χ4v) is 5.10. The highest BCUT2D eigenvalue weighted by Gasteiger charge is 2.17. The van der Waals surface area contributed by atoms with E-state index < -0.39 is 0 Å². The molecule has 40 heavy (non-hydrogen) atoms. The van der Waals surface area contributed by atoms with Crippen molar-refractivity contribution in [3.63, 3.8) is 0 Å². The molecule has 0 amide bonds. The van der Waals surface area contributed by atoms with Crippen molar-refractivity contribution in [2.24, 2.45) is 0 Å². The van der Waals surface area contributed by atoms with Gasteiger partial charge in [0.15, 0.2) is 5.75 Å². The lowest BCUT2D eigenvalue weighted by Gasteiger charge is -2.13. The molecule has 0 unspecified atom stereocenters. The highest BCUT2D eigenvalue weighted by atomic mass is 16.5. The van der Waals surface area contributed by atoms with Crippen molar-refractivity contribution in [3.8, 4) is 28.5 Å². The SMILES string of the molecule is Cc1c(-c2ccc(OCc3ccccc3)cc2)n(Cc2ccc([O])cc2)c2ccc(OCc3ccccc3)cc12. The van der Waals surface area contributed by atoms with Gasteiger partial charge in [0.1, 0.15) is 24.7 Å². The fourth-order valence-electron chi connectivity index (χ4n) is 5.10. The Labute approximate surface area is 234 Å². The van der Waals surface area contributed by atoms with Gasteiger partial charge in [-0.1, -0.05) is 72.8 Å². The highest BCUT2D eigenvalue weighted by Crippen LogP contribution is 2.37. The summed E-state index contributed by atoms with van der Waals surface area (Å²) in [4.78, 5) is 0. The van der Waals surface area contributed by atoms with Gasteiger partial charge in [0, 0.05) is 17.4 Å². The van der Waals surface area contributed by atoms with Crippen molar-refractivity contribution in [1.82, 2.24) is 4.57 Å². The quantitative estimate of drug-likeness (QED) is 0.189. The minimum Gasteiger partial charge on any atom is -0.489 e. The average molecular weight is 525 g/mol. The molecule has 0 aliphatic rings. The molecule has 1 heterocycles. The van der Waals surface area contributed by atoms with Crippen molar-refractivity contribution in [2.75, 3.05) is 0 Å². The first-order valence-electron chi connectivity index (χ1n) is 13.5. The van der Waals surface area contributed by atoms with E-state index in [2.05, 4.69) is 60.0 Å². The van der Waals surface area contributed by atoms with E-state index in [4.69, 9.17) is 9.47 Å². The second-order valence-corrected chi connectivity index (χ2v) is 9.96. The number of nitrogens with zero attached hydrogens (tertiary/aromatic N) is 1. The van der Waals surface area contributed by atoms with Crippen LogP contribution in [-0.2, 0) is 24.9 Å². The smallest absolute Gasteiger partial charge is 0.178 e. The summed E-state index contributed by atoms with van der Waals surface area (Å²) < 4.78 is 14.5. The van der Waals surface area contributed by atoms with Crippen LogP contribution in [0.15, 0.2) is 127 Å². The molecule has 0 N–H and O–H groups in total. The van der Waals surface area contributed by atoms with Gasteiger partial charge in [-0.25, -0.2) is 0 Å². The molecule has 0 spiro atoms. The first-order chi connectivity index (χ1) is 19.6. The summed E-state index contributed by atoms with van der Waals surface area (Å²) in [6.07, 6.45) is 0. The molecule has 0 aliphatic carbocycles. The van der Waals surface area contributed by atoms with Gasteiger partial charge < -0.3 is 14.0 Å². The number of aromatic nitrogens is 1. The van der Waals surface area contributed by atoms with Gasteiger partial charge in [0.25, 0.3) is 0 Å². The average Bonchev–Trinajstić information content (AvgIpc) is 3.27. The molecule has 5 aromatic carbocycles. The maximum Gasteiger partial charge on any atom is 0.178 e. The Morgan fingerprint density at radius 1 is 0.600 bits per heavy atom. The third-order valence-corrected chi connectivity index (χ3v) is 7.18.